The molecule has 0 aliphatic carbocycles. The van der Waals surface area contributed by atoms with E-state index in [-0.39, 0.29) is 5.82 Å². The van der Waals surface area contributed by atoms with E-state index >= 15 is 0 Å². The molecule has 0 spiro atoms. The lowest BCUT2D eigenvalue weighted by atomic mass is 10.1. The van der Waals surface area contributed by atoms with Crippen molar-refractivity contribution in [3.8, 4) is 0 Å². The molecule has 0 saturated heterocycles. The Bertz CT molecular complexity index is 919. The summed E-state index contributed by atoms with van der Waals surface area (Å²) in [5.41, 5.74) is 6.06. The fraction of sp³-hybridized carbons (Fsp3) is 0.286. The van der Waals surface area contributed by atoms with Gasteiger partial charge in [-0.25, -0.2) is 9.37 Å². The first-order chi connectivity index (χ1) is 12.1. The number of benzene rings is 2. The minimum Gasteiger partial charge on any atom is -0.436 e. The van der Waals surface area contributed by atoms with Crippen LogP contribution >= 0.6 is 0 Å². The molecule has 4 rings (SSSR count). The summed E-state index contributed by atoms with van der Waals surface area (Å²) in [6, 6.07) is 11.1. The van der Waals surface area contributed by atoms with Gasteiger partial charge < -0.3 is 4.42 Å². The second-order valence-corrected chi connectivity index (χ2v) is 6.73. The van der Waals surface area contributed by atoms with Gasteiger partial charge in [-0.05, 0) is 49.6 Å². The number of halogens is 1. The average Bonchev–Trinajstić information content (AvgIpc) is 3.01. The number of hydrogen-bond donors (Lipinski definition) is 0. The molecule has 1 aliphatic rings. The standard InChI is InChI=1S/C21H21FN2O/c1-14-11-19-20(12-15(14)2)25-21(23-19)16-7-9-24(10-8-16)13-17-5-3-4-6-18(17)22/h3-7,11-12H,8-10,13H2,1-2H3. The zero-order chi connectivity index (χ0) is 17.4. The van der Waals surface area contributed by atoms with Crippen LogP contribution in [0.25, 0.3) is 16.7 Å². The number of aryl methyl sites for hydroxylation is 2. The van der Waals surface area contributed by atoms with Gasteiger partial charge in [-0.15, -0.1) is 0 Å². The van der Waals surface area contributed by atoms with E-state index in [4.69, 9.17) is 4.42 Å². The van der Waals surface area contributed by atoms with Crippen molar-refractivity contribution in [3.63, 3.8) is 0 Å². The van der Waals surface area contributed by atoms with Gasteiger partial charge in [0, 0.05) is 30.8 Å². The monoisotopic (exact) mass is 336 g/mol. The molecule has 4 heteroatoms. The summed E-state index contributed by atoms with van der Waals surface area (Å²) in [5.74, 6) is 0.576. The van der Waals surface area contributed by atoms with E-state index in [1.165, 1.54) is 17.2 Å². The number of nitrogens with zero attached hydrogens (tertiary/aromatic N) is 2. The van der Waals surface area contributed by atoms with Gasteiger partial charge in [0.2, 0.25) is 5.89 Å². The fourth-order valence-corrected chi connectivity index (χ4v) is 3.23. The third-order valence-corrected chi connectivity index (χ3v) is 4.92. The van der Waals surface area contributed by atoms with Crippen molar-refractivity contribution in [2.24, 2.45) is 0 Å². The molecular formula is C21H21FN2O. The van der Waals surface area contributed by atoms with Crippen molar-refractivity contribution < 1.29 is 8.81 Å². The van der Waals surface area contributed by atoms with Crippen LogP contribution in [0.4, 0.5) is 4.39 Å². The third kappa shape index (κ3) is 3.22. The van der Waals surface area contributed by atoms with E-state index in [2.05, 4.69) is 41.9 Å². The lowest BCUT2D eigenvalue weighted by molar-refractivity contribution is 0.288. The van der Waals surface area contributed by atoms with Crippen LogP contribution in [0.5, 0.6) is 0 Å². The maximum atomic E-state index is 13.8. The quantitative estimate of drug-likeness (QED) is 0.683. The molecule has 3 nitrogen and oxygen atoms in total. The predicted molar refractivity (Wildman–Crippen MR) is 97.8 cm³/mol. The van der Waals surface area contributed by atoms with E-state index in [1.54, 1.807) is 6.07 Å². The number of fused-ring (bicyclic) bond motifs is 1. The molecule has 1 aromatic heterocycles. The van der Waals surface area contributed by atoms with Crippen molar-refractivity contribution in [2.45, 2.75) is 26.8 Å². The first-order valence-electron chi connectivity index (χ1n) is 8.63. The molecule has 0 unspecified atom stereocenters. The SMILES string of the molecule is Cc1cc2nc(C3=CCN(Cc4ccccc4F)CC3)oc2cc1C. The van der Waals surface area contributed by atoms with Gasteiger partial charge in [0.25, 0.3) is 0 Å². The Kier molecular flexibility index (Phi) is 4.14. The Morgan fingerprint density at radius 2 is 1.96 bits per heavy atom. The van der Waals surface area contributed by atoms with Crippen molar-refractivity contribution in [3.05, 3.63) is 70.9 Å². The van der Waals surface area contributed by atoms with Gasteiger partial charge in [-0.1, -0.05) is 24.3 Å². The van der Waals surface area contributed by atoms with Crippen molar-refractivity contribution in [2.75, 3.05) is 13.1 Å². The summed E-state index contributed by atoms with van der Waals surface area (Å²) in [6.45, 7) is 6.45. The van der Waals surface area contributed by atoms with E-state index in [0.29, 0.717) is 12.4 Å². The Labute approximate surface area is 146 Å². The molecule has 0 radical (unpaired) electrons. The molecule has 0 atom stereocenters. The molecule has 128 valence electrons. The molecule has 0 saturated carbocycles. The minimum atomic E-state index is -0.137. The maximum absolute atomic E-state index is 13.8. The van der Waals surface area contributed by atoms with Crippen molar-refractivity contribution in [1.29, 1.82) is 0 Å². The van der Waals surface area contributed by atoms with Gasteiger partial charge in [0.05, 0.1) is 0 Å². The van der Waals surface area contributed by atoms with E-state index in [1.807, 2.05) is 12.1 Å². The Morgan fingerprint density at radius 3 is 2.72 bits per heavy atom. The van der Waals surface area contributed by atoms with Crippen LogP contribution < -0.4 is 0 Å². The summed E-state index contributed by atoms with van der Waals surface area (Å²) in [6.07, 6.45) is 3.01. The molecule has 0 fully saturated rings. The van der Waals surface area contributed by atoms with Gasteiger partial charge in [-0.3, -0.25) is 4.90 Å². The summed E-state index contributed by atoms with van der Waals surface area (Å²) in [4.78, 5) is 6.88. The van der Waals surface area contributed by atoms with E-state index in [0.717, 1.165) is 41.7 Å². The van der Waals surface area contributed by atoms with Gasteiger partial charge in [-0.2, -0.15) is 0 Å². The van der Waals surface area contributed by atoms with Crippen LogP contribution in [-0.4, -0.2) is 23.0 Å². The molecule has 0 bridgehead atoms. The highest BCUT2D eigenvalue weighted by atomic mass is 19.1. The molecule has 3 aromatic rings. The van der Waals surface area contributed by atoms with Crippen LogP contribution in [0.15, 0.2) is 46.9 Å². The fourth-order valence-electron chi connectivity index (χ4n) is 3.23. The molecule has 25 heavy (non-hydrogen) atoms. The highest BCUT2D eigenvalue weighted by Gasteiger charge is 2.18. The zero-order valence-electron chi connectivity index (χ0n) is 14.6. The molecule has 1 aliphatic heterocycles. The summed E-state index contributed by atoms with van der Waals surface area (Å²) in [7, 11) is 0. The van der Waals surface area contributed by atoms with Crippen LogP contribution in [-0.2, 0) is 6.54 Å². The van der Waals surface area contributed by atoms with Crippen LogP contribution in [0.1, 0.15) is 29.0 Å². The summed E-state index contributed by atoms with van der Waals surface area (Å²) >= 11 is 0. The second kappa shape index (κ2) is 6.45. The predicted octanol–water partition coefficient (Wildman–Crippen LogP) is 4.87. The first-order valence-corrected chi connectivity index (χ1v) is 8.63. The molecule has 2 heterocycles. The zero-order valence-corrected chi connectivity index (χ0v) is 14.6. The van der Waals surface area contributed by atoms with Crippen molar-refractivity contribution in [1.82, 2.24) is 9.88 Å². The third-order valence-electron chi connectivity index (χ3n) is 4.92. The highest BCUT2D eigenvalue weighted by Crippen LogP contribution is 2.27. The Morgan fingerprint density at radius 1 is 1.16 bits per heavy atom. The lowest BCUT2D eigenvalue weighted by Gasteiger charge is -2.25. The minimum absolute atomic E-state index is 0.137. The van der Waals surface area contributed by atoms with Crippen LogP contribution in [0, 0.1) is 19.7 Å². The Balaban J connectivity index is 1.52. The molecule has 0 N–H and O–H groups in total. The largest absolute Gasteiger partial charge is 0.436 e. The van der Waals surface area contributed by atoms with E-state index in [9.17, 15) is 4.39 Å². The van der Waals surface area contributed by atoms with Crippen LogP contribution in [0.3, 0.4) is 0 Å². The highest BCUT2D eigenvalue weighted by molar-refractivity contribution is 5.77. The van der Waals surface area contributed by atoms with Gasteiger partial charge >= 0.3 is 0 Å². The normalized spacial score (nSPS) is 15.6. The van der Waals surface area contributed by atoms with Crippen molar-refractivity contribution >= 4 is 16.7 Å². The maximum Gasteiger partial charge on any atom is 0.222 e. The van der Waals surface area contributed by atoms with Gasteiger partial charge in [0.15, 0.2) is 5.58 Å². The smallest absolute Gasteiger partial charge is 0.222 e. The number of rotatable bonds is 3. The van der Waals surface area contributed by atoms with Crippen LogP contribution in [0.2, 0.25) is 0 Å². The first kappa shape index (κ1) is 16.0. The average molecular weight is 336 g/mol. The summed E-state index contributed by atoms with van der Waals surface area (Å²) in [5, 5.41) is 0. The number of aromatic nitrogens is 1. The number of oxazole rings is 1. The topological polar surface area (TPSA) is 29.3 Å². The van der Waals surface area contributed by atoms with Gasteiger partial charge in [0.1, 0.15) is 11.3 Å². The summed E-state index contributed by atoms with van der Waals surface area (Å²) < 4.78 is 19.8. The van der Waals surface area contributed by atoms with E-state index < -0.39 is 0 Å². The molecule has 2 aromatic carbocycles. The molecular weight excluding hydrogens is 315 g/mol. The molecule has 0 amide bonds. The number of hydrogen-bond acceptors (Lipinski definition) is 3. The Hall–Kier alpha value is -2.46. The lowest BCUT2D eigenvalue weighted by Crippen LogP contribution is -2.28. The second-order valence-electron chi connectivity index (χ2n) is 6.73.